The summed E-state index contributed by atoms with van der Waals surface area (Å²) in [4.78, 5) is 11.8. The van der Waals surface area contributed by atoms with Crippen molar-refractivity contribution in [3.63, 3.8) is 0 Å². The topological polar surface area (TPSA) is 88.1 Å². The lowest BCUT2D eigenvalue weighted by Gasteiger charge is -2.08. The molecule has 0 aliphatic carbocycles. The molecule has 0 fully saturated rings. The van der Waals surface area contributed by atoms with Crippen molar-refractivity contribution in [3.8, 4) is 23.3 Å². The number of ether oxygens (including phenoxy) is 1. The molecule has 1 aromatic carbocycles. The molecule has 0 atom stereocenters. The minimum absolute atomic E-state index is 0.0733. The Hall–Kier alpha value is -2.81. The summed E-state index contributed by atoms with van der Waals surface area (Å²) in [5.74, 6) is 0.312. The summed E-state index contributed by atoms with van der Waals surface area (Å²) in [7, 11) is 1.52. The first-order valence-corrected chi connectivity index (χ1v) is 5.49. The van der Waals surface area contributed by atoms with Gasteiger partial charge in [0.05, 0.1) is 25.3 Å². The summed E-state index contributed by atoms with van der Waals surface area (Å²) in [6.45, 7) is 0. The van der Waals surface area contributed by atoms with Gasteiger partial charge >= 0.3 is 0 Å². The van der Waals surface area contributed by atoms with E-state index >= 15 is 0 Å². The van der Waals surface area contributed by atoms with Gasteiger partial charge in [0.15, 0.2) is 0 Å². The predicted octanol–water partition coefficient (Wildman–Crippen LogP) is 1.01. The second-order valence-electron chi connectivity index (χ2n) is 3.76. The molecule has 1 aromatic heterocycles. The van der Waals surface area contributed by atoms with Gasteiger partial charge in [0.2, 0.25) is 0 Å². The van der Waals surface area contributed by atoms with Crippen LogP contribution in [-0.4, -0.2) is 22.0 Å². The lowest BCUT2D eigenvalue weighted by Crippen LogP contribution is -2.21. The van der Waals surface area contributed by atoms with Crippen LogP contribution in [0.3, 0.4) is 0 Å². The minimum atomic E-state index is -0.479. The number of hydrogen-bond donors (Lipinski definition) is 1. The number of benzene rings is 1. The fraction of sp³-hybridized carbons (Fsp3) is 0.154. The van der Waals surface area contributed by atoms with Gasteiger partial charge in [0.1, 0.15) is 17.2 Å². The van der Waals surface area contributed by atoms with Gasteiger partial charge in [-0.2, -0.15) is 15.0 Å². The zero-order chi connectivity index (χ0) is 13.8. The highest BCUT2D eigenvalue weighted by atomic mass is 16.5. The normalized spacial score (nSPS) is 9.89. The summed E-state index contributed by atoms with van der Waals surface area (Å²) in [6, 6.07) is 9.71. The molecular formula is C13H11N3O3. The fourth-order valence-electron chi connectivity index (χ4n) is 1.61. The molecule has 6 heteroatoms. The van der Waals surface area contributed by atoms with Gasteiger partial charge in [-0.3, -0.25) is 4.79 Å². The molecule has 0 amide bonds. The van der Waals surface area contributed by atoms with Crippen molar-refractivity contribution in [1.29, 1.82) is 5.26 Å². The molecule has 1 N–H and O–H groups in total. The van der Waals surface area contributed by atoms with E-state index in [2.05, 4.69) is 5.10 Å². The largest absolute Gasteiger partial charge is 0.506 e. The molecule has 19 heavy (non-hydrogen) atoms. The summed E-state index contributed by atoms with van der Waals surface area (Å²) >= 11 is 0. The van der Waals surface area contributed by atoms with E-state index in [-0.39, 0.29) is 17.9 Å². The Labute approximate surface area is 109 Å². The number of methoxy groups -OCH3 is 1. The van der Waals surface area contributed by atoms with E-state index in [4.69, 9.17) is 10.00 Å². The molecule has 96 valence electrons. The first kappa shape index (κ1) is 12.6. The summed E-state index contributed by atoms with van der Waals surface area (Å²) in [5, 5.41) is 22.2. The van der Waals surface area contributed by atoms with Crippen LogP contribution >= 0.6 is 0 Å². The standard InChI is InChI=1S/C13H11N3O3/c1-19-10-4-2-3-9(7-10)16-13(18)8-12(17)11(15-16)5-6-14/h2-4,7-8,17H,5H2,1H3. The van der Waals surface area contributed by atoms with E-state index in [1.54, 1.807) is 24.3 Å². The van der Waals surface area contributed by atoms with Crippen LogP contribution in [-0.2, 0) is 6.42 Å². The van der Waals surface area contributed by atoms with Crippen molar-refractivity contribution in [2.45, 2.75) is 6.42 Å². The van der Waals surface area contributed by atoms with Gasteiger partial charge < -0.3 is 9.84 Å². The molecule has 0 bridgehead atoms. The number of nitrogens with zero attached hydrogens (tertiary/aromatic N) is 3. The first-order chi connectivity index (χ1) is 9.15. The number of nitriles is 1. The minimum Gasteiger partial charge on any atom is -0.506 e. The van der Waals surface area contributed by atoms with Crippen LogP contribution < -0.4 is 10.3 Å². The molecule has 2 aromatic rings. The number of hydrogen-bond acceptors (Lipinski definition) is 5. The Morgan fingerprint density at radius 2 is 2.26 bits per heavy atom. The molecule has 1 heterocycles. The van der Waals surface area contributed by atoms with Crippen LogP contribution in [0.15, 0.2) is 35.1 Å². The van der Waals surface area contributed by atoms with Gasteiger partial charge in [-0.15, -0.1) is 0 Å². The summed E-state index contributed by atoms with van der Waals surface area (Å²) < 4.78 is 6.19. The zero-order valence-electron chi connectivity index (χ0n) is 10.2. The molecule has 0 saturated heterocycles. The van der Waals surface area contributed by atoms with Crippen molar-refractivity contribution < 1.29 is 9.84 Å². The molecule has 0 aliphatic rings. The van der Waals surface area contributed by atoms with Crippen LogP contribution in [0.25, 0.3) is 5.69 Å². The number of rotatable bonds is 3. The van der Waals surface area contributed by atoms with Crippen molar-refractivity contribution in [2.75, 3.05) is 7.11 Å². The molecule has 0 radical (unpaired) electrons. The highest BCUT2D eigenvalue weighted by molar-refractivity contribution is 5.39. The monoisotopic (exact) mass is 257 g/mol. The van der Waals surface area contributed by atoms with E-state index in [1.807, 2.05) is 6.07 Å². The number of aromatic hydroxyl groups is 1. The van der Waals surface area contributed by atoms with Gasteiger partial charge in [-0.05, 0) is 12.1 Å². The summed E-state index contributed by atoms with van der Waals surface area (Å²) in [5.41, 5.74) is 0.181. The predicted molar refractivity (Wildman–Crippen MR) is 67.4 cm³/mol. The van der Waals surface area contributed by atoms with Crippen LogP contribution in [0.5, 0.6) is 11.5 Å². The Morgan fingerprint density at radius 1 is 1.47 bits per heavy atom. The van der Waals surface area contributed by atoms with Crippen LogP contribution in [0, 0.1) is 11.3 Å². The van der Waals surface area contributed by atoms with E-state index in [0.717, 1.165) is 10.7 Å². The second kappa shape index (κ2) is 5.23. The Kier molecular flexibility index (Phi) is 3.48. The van der Waals surface area contributed by atoms with Crippen LogP contribution in [0.1, 0.15) is 5.69 Å². The average Bonchev–Trinajstić information content (AvgIpc) is 2.42. The SMILES string of the molecule is COc1cccc(-n2nc(CC#N)c(O)cc2=O)c1. The third-order valence-electron chi connectivity index (χ3n) is 2.53. The maximum absolute atomic E-state index is 11.8. The van der Waals surface area contributed by atoms with E-state index in [0.29, 0.717) is 11.4 Å². The van der Waals surface area contributed by atoms with E-state index in [1.165, 1.54) is 7.11 Å². The van der Waals surface area contributed by atoms with Crippen molar-refractivity contribution >= 4 is 0 Å². The van der Waals surface area contributed by atoms with Crippen LogP contribution in [0.2, 0.25) is 0 Å². The number of aromatic nitrogens is 2. The maximum Gasteiger partial charge on any atom is 0.275 e. The average molecular weight is 257 g/mol. The third-order valence-corrected chi connectivity index (χ3v) is 2.53. The van der Waals surface area contributed by atoms with E-state index in [9.17, 15) is 9.90 Å². The Morgan fingerprint density at radius 3 is 2.95 bits per heavy atom. The molecular weight excluding hydrogens is 246 g/mol. The molecule has 2 rings (SSSR count). The third kappa shape index (κ3) is 2.55. The molecule has 0 saturated carbocycles. The lowest BCUT2D eigenvalue weighted by atomic mass is 10.2. The summed E-state index contributed by atoms with van der Waals surface area (Å²) in [6.07, 6.45) is -0.0733. The fourth-order valence-corrected chi connectivity index (χ4v) is 1.61. The second-order valence-corrected chi connectivity index (χ2v) is 3.76. The Balaban J connectivity index is 2.58. The molecule has 0 spiro atoms. The van der Waals surface area contributed by atoms with Crippen LogP contribution in [0.4, 0.5) is 0 Å². The van der Waals surface area contributed by atoms with Crippen molar-refractivity contribution in [3.05, 3.63) is 46.4 Å². The highest BCUT2D eigenvalue weighted by Gasteiger charge is 2.09. The smallest absolute Gasteiger partial charge is 0.275 e. The molecule has 0 aliphatic heterocycles. The lowest BCUT2D eigenvalue weighted by molar-refractivity contribution is 0.414. The van der Waals surface area contributed by atoms with Gasteiger partial charge in [-0.25, -0.2) is 0 Å². The van der Waals surface area contributed by atoms with Gasteiger partial charge in [0.25, 0.3) is 5.56 Å². The van der Waals surface area contributed by atoms with Crippen molar-refractivity contribution in [2.24, 2.45) is 0 Å². The van der Waals surface area contributed by atoms with E-state index < -0.39 is 5.56 Å². The maximum atomic E-state index is 11.8. The van der Waals surface area contributed by atoms with Crippen molar-refractivity contribution in [1.82, 2.24) is 9.78 Å². The van der Waals surface area contributed by atoms with Gasteiger partial charge in [-0.1, -0.05) is 6.07 Å². The molecule has 0 unspecified atom stereocenters. The quantitative estimate of drug-likeness (QED) is 0.886. The Bertz CT molecular complexity index is 701. The highest BCUT2D eigenvalue weighted by Crippen LogP contribution is 2.16. The molecule has 6 nitrogen and oxygen atoms in total. The zero-order valence-corrected chi connectivity index (χ0v) is 10.2. The first-order valence-electron chi connectivity index (χ1n) is 5.49. The van der Waals surface area contributed by atoms with Gasteiger partial charge in [0, 0.05) is 12.1 Å².